The van der Waals surface area contributed by atoms with Crippen molar-refractivity contribution in [1.29, 1.82) is 0 Å². The SMILES string of the molecule is Cn1ccc(C(=O)N[C@H]2CCCCC/C=C\[C@@H]3C[C@@]3(C(=O)NS(=O)(=O)C3(C)CC3)NC(=O)[C@@H]3C[C@@H](Oc4nc5cc(F)ccc5c5cc(OC(F)(F)F)ccc45)CN3C2=O)n1. The number of hydrogen-bond acceptors (Lipinski definition) is 10. The van der Waals surface area contributed by atoms with Gasteiger partial charge in [-0.1, -0.05) is 25.0 Å². The molecule has 8 rings (SSSR count). The van der Waals surface area contributed by atoms with E-state index in [0.29, 0.717) is 43.9 Å². The molecule has 2 aromatic heterocycles. The van der Waals surface area contributed by atoms with Crippen molar-refractivity contribution in [3.63, 3.8) is 0 Å². The third kappa shape index (κ3) is 8.58. The highest BCUT2D eigenvalue weighted by atomic mass is 32.2. The predicted octanol–water partition coefficient (Wildman–Crippen LogP) is 4.70. The van der Waals surface area contributed by atoms with Crippen molar-refractivity contribution >= 4 is 55.3 Å². The zero-order chi connectivity index (χ0) is 43.5. The number of pyridine rings is 1. The Kier molecular flexibility index (Phi) is 10.7. The first kappa shape index (κ1) is 41.9. The number of fused-ring (bicyclic) bond motifs is 5. The Balaban J connectivity index is 1.14. The summed E-state index contributed by atoms with van der Waals surface area (Å²) in [7, 11) is -2.46. The summed E-state index contributed by atoms with van der Waals surface area (Å²) in [6.07, 6.45) is 2.60. The van der Waals surface area contributed by atoms with E-state index < -0.39 is 86.0 Å². The fourth-order valence-corrected chi connectivity index (χ4v) is 9.40. The van der Waals surface area contributed by atoms with Gasteiger partial charge in [-0.05, 0) is 81.8 Å². The maximum absolute atomic E-state index is 14.7. The molecule has 1 saturated heterocycles. The van der Waals surface area contributed by atoms with E-state index in [4.69, 9.17) is 4.74 Å². The van der Waals surface area contributed by atoms with Gasteiger partial charge < -0.3 is 25.0 Å². The highest BCUT2D eigenvalue weighted by Gasteiger charge is 2.63. The molecule has 4 aliphatic rings. The van der Waals surface area contributed by atoms with E-state index in [9.17, 15) is 45.2 Å². The van der Waals surface area contributed by atoms with Gasteiger partial charge in [-0.2, -0.15) is 5.10 Å². The number of carbonyl (C=O) groups excluding carboxylic acids is 4. The van der Waals surface area contributed by atoms with Crippen molar-refractivity contribution in [2.45, 2.75) is 99.5 Å². The number of carbonyl (C=O) groups is 4. The van der Waals surface area contributed by atoms with Crippen LogP contribution in [0.4, 0.5) is 17.6 Å². The average molecular weight is 870 g/mol. The molecule has 2 saturated carbocycles. The molecule has 324 valence electrons. The van der Waals surface area contributed by atoms with Crippen LogP contribution in [0.25, 0.3) is 21.7 Å². The lowest BCUT2D eigenvalue weighted by Crippen LogP contribution is -2.58. The highest BCUT2D eigenvalue weighted by molar-refractivity contribution is 7.91. The second-order valence-corrected chi connectivity index (χ2v) is 18.6. The van der Waals surface area contributed by atoms with Crippen molar-refractivity contribution in [2.75, 3.05) is 6.54 Å². The van der Waals surface area contributed by atoms with Crippen molar-refractivity contribution in [3.8, 4) is 11.6 Å². The fraction of sp³-hybridized carbons (Fsp3) is 0.463. The van der Waals surface area contributed by atoms with Gasteiger partial charge in [0, 0.05) is 47.8 Å². The fourth-order valence-electron chi connectivity index (χ4n) is 8.09. The Bertz CT molecular complexity index is 2580. The summed E-state index contributed by atoms with van der Waals surface area (Å²) in [6.45, 7) is 1.28. The van der Waals surface area contributed by atoms with Crippen LogP contribution in [0.3, 0.4) is 0 Å². The molecule has 2 aliphatic heterocycles. The highest BCUT2D eigenvalue weighted by Crippen LogP contribution is 2.48. The van der Waals surface area contributed by atoms with E-state index >= 15 is 0 Å². The number of rotatable bonds is 8. The molecule has 5 atom stereocenters. The number of hydrogen-bond donors (Lipinski definition) is 3. The number of nitrogens with zero attached hydrogens (tertiary/aromatic N) is 4. The largest absolute Gasteiger partial charge is 0.573 e. The second kappa shape index (κ2) is 15.6. The molecule has 4 heterocycles. The summed E-state index contributed by atoms with van der Waals surface area (Å²) in [5, 5.41) is 10.4. The Morgan fingerprint density at radius 2 is 1.79 bits per heavy atom. The van der Waals surface area contributed by atoms with E-state index in [-0.39, 0.29) is 53.7 Å². The van der Waals surface area contributed by atoms with Crippen LogP contribution in [-0.4, -0.2) is 93.1 Å². The minimum absolute atomic E-state index is 0.0430. The van der Waals surface area contributed by atoms with Crippen LogP contribution in [0.1, 0.15) is 75.2 Å². The van der Waals surface area contributed by atoms with Gasteiger partial charge in [0.2, 0.25) is 27.7 Å². The van der Waals surface area contributed by atoms with Gasteiger partial charge in [0.1, 0.15) is 41.0 Å². The molecule has 4 aromatic rings. The Morgan fingerprint density at radius 1 is 1.02 bits per heavy atom. The maximum atomic E-state index is 14.7. The number of sulfonamides is 1. The van der Waals surface area contributed by atoms with Crippen LogP contribution in [0.15, 0.2) is 60.8 Å². The summed E-state index contributed by atoms with van der Waals surface area (Å²) >= 11 is 0. The normalized spacial score (nSPS) is 26.0. The van der Waals surface area contributed by atoms with Gasteiger partial charge in [-0.15, -0.1) is 13.2 Å². The smallest absolute Gasteiger partial charge is 0.472 e. The minimum atomic E-state index is -5.00. The molecule has 3 fully saturated rings. The zero-order valence-corrected chi connectivity index (χ0v) is 33.9. The number of allylic oxidation sites excluding steroid dienone is 1. The van der Waals surface area contributed by atoms with Crippen LogP contribution in [0.5, 0.6) is 11.6 Å². The standard InChI is InChI=1S/C41H43F4N7O8S/c1-39(15-16-39)61(57,58)50-38(56)40-21-23(40)8-6-4-3-5-7-9-31(46-34(53)30-14-17-51(2)49-30)37(55)52-22-26(20-33(52)35(54)48-40)59-36-28-13-11-25(60-41(43,44)45)19-29(28)27-12-10-24(42)18-32(27)47-36/h6,8,10-14,17-19,23,26,31,33H,3-5,7,9,15-16,20-22H2,1-2H3,(H,46,53)(H,48,54)(H,50,56)/b8-6-/t23-,26-,31+,33+,40-/m1/s1. The molecule has 15 nitrogen and oxygen atoms in total. The van der Waals surface area contributed by atoms with Gasteiger partial charge >= 0.3 is 6.36 Å². The van der Waals surface area contributed by atoms with E-state index in [1.807, 2.05) is 6.08 Å². The Labute approximate surface area is 347 Å². The van der Waals surface area contributed by atoms with Crippen molar-refractivity contribution in [1.82, 2.24) is 35.0 Å². The molecule has 0 radical (unpaired) electrons. The molecule has 0 bridgehead atoms. The van der Waals surface area contributed by atoms with Crippen LogP contribution >= 0.6 is 0 Å². The number of aromatic nitrogens is 3. The van der Waals surface area contributed by atoms with Crippen molar-refractivity contribution in [2.24, 2.45) is 13.0 Å². The predicted molar refractivity (Wildman–Crippen MR) is 211 cm³/mol. The molecular weight excluding hydrogens is 827 g/mol. The third-order valence-electron chi connectivity index (χ3n) is 11.9. The second-order valence-electron chi connectivity index (χ2n) is 16.4. The summed E-state index contributed by atoms with van der Waals surface area (Å²) in [6, 6.07) is 6.10. The van der Waals surface area contributed by atoms with Crippen LogP contribution in [0, 0.1) is 11.7 Å². The molecule has 20 heteroatoms. The third-order valence-corrected chi connectivity index (χ3v) is 14.1. The molecule has 61 heavy (non-hydrogen) atoms. The number of amides is 4. The first-order valence-electron chi connectivity index (χ1n) is 20.0. The first-order chi connectivity index (χ1) is 28.8. The molecule has 0 unspecified atom stereocenters. The molecule has 2 aromatic carbocycles. The van der Waals surface area contributed by atoms with Crippen molar-refractivity contribution < 1.29 is 54.6 Å². The molecule has 0 spiro atoms. The molecule has 2 aliphatic carbocycles. The van der Waals surface area contributed by atoms with Crippen LogP contribution in [0.2, 0.25) is 0 Å². The molecule has 3 N–H and O–H groups in total. The number of halogens is 4. The Hall–Kier alpha value is -5.79. The van der Waals surface area contributed by atoms with Gasteiger partial charge in [-0.3, -0.25) is 28.6 Å². The molecule has 4 amide bonds. The summed E-state index contributed by atoms with van der Waals surface area (Å²) in [5.74, 6) is -4.83. The number of aryl methyl sites for hydroxylation is 1. The number of benzene rings is 2. The minimum Gasteiger partial charge on any atom is -0.472 e. The average Bonchev–Trinajstić information content (AvgIpc) is 3.99. The lowest BCUT2D eigenvalue weighted by atomic mass is 10.0. The van der Waals surface area contributed by atoms with Crippen LogP contribution < -0.4 is 24.8 Å². The summed E-state index contributed by atoms with van der Waals surface area (Å²) in [4.78, 5) is 62.3. The first-order valence-corrected chi connectivity index (χ1v) is 21.4. The number of nitrogens with one attached hydrogen (secondary N) is 3. The van der Waals surface area contributed by atoms with E-state index in [1.54, 1.807) is 19.3 Å². The van der Waals surface area contributed by atoms with Crippen LogP contribution in [-0.2, 0) is 31.5 Å². The van der Waals surface area contributed by atoms with E-state index in [2.05, 4.69) is 30.2 Å². The summed E-state index contributed by atoms with van der Waals surface area (Å²) in [5.41, 5.74) is -1.55. The zero-order valence-electron chi connectivity index (χ0n) is 33.1. The van der Waals surface area contributed by atoms with E-state index in [1.165, 1.54) is 34.7 Å². The number of alkyl halides is 3. The quantitative estimate of drug-likeness (QED) is 0.127. The van der Waals surface area contributed by atoms with Gasteiger partial charge in [0.15, 0.2) is 0 Å². The lowest BCUT2D eigenvalue weighted by Gasteiger charge is -2.30. The maximum Gasteiger partial charge on any atom is 0.573 e. The summed E-state index contributed by atoms with van der Waals surface area (Å²) < 4.78 is 93.6. The van der Waals surface area contributed by atoms with E-state index in [0.717, 1.165) is 24.3 Å². The van der Waals surface area contributed by atoms with Crippen molar-refractivity contribution in [3.05, 3.63) is 72.3 Å². The lowest BCUT2D eigenvalue weighted by molar-refractivity contribution is -0.274. The number of ether oxygens (including phenoxy) is 2. The van der Waals surface area contributed by atoms with Gasteiger partial charge in [0.25, 0.3) is 11.8 Å². The van der Waals surface area contributed by atoms with Gasteiger partial charge in [0.05, 0.1) is 16.8 Å². The topological polar surface area (TPSA) is 191 Å². The Morgan fingerprint density at radius 3 is 2.51 bits per heavy atom. The molecular formula is C41H43F4N7O8S. The van der Waals surface area contributed by atoms with Gasteiger partial charge in [-0.25, -0.2) is 17.8 Å². The monoisotopic (exact) mass is 869 g/mol.